The highest BCUT2D eigenvalue weighted by molar-refractivity contribution is 5.90. The van der Waals surface area contributed by atoms with Crippen molar-refractivity contribution in [2.24, 2.45) is 0 Å². The van der Waals surface area contributed by atoms with Crippen molar-refractivity contribution in [3.8, 4) is 16.9 Å². The van der Waals surface area contributed by atoms with Crippen LogP contribution in [0.3, 0.4) is 0 Å². The summed E-state index contributed by atoms with van der Waals surface area (Å²) in [6.07, 6.45) is 0.607. The molecule has 0 amide bonds. The van der Waals surface area contributed by atoms with E-state index in [2.05, 4.69) is 20.3 Å². The third-order valence-electron chi connectivity index (χ3n) is 7.23. The number of anilines is 1. The molecule has 3 aromatic heterocycles. The third-order valence-corrected chi connectivity index (χ3v) is 7.23. The van der Waals surface area contributed by atoms with E-state index in [1.807, 2.05) is 32.6 Å². The number of benzene rings is 1. The van der Waals surface area contributed by atoms with Crippen molar-refractivity contribution < 1.29 is 13.9 Å². The summed E-state index contributed by atoms with van der Waals surface area (Å²) < 4.78 is 32.5. The first kappa shape index (κ1) is 26.8. The minimum absolute atomic E-state index is 0.00722. The number of aliphatic hydroxyl groups is 1. The molecule has 0 bridgehead atoms. The second-order valence-electron chi connectivity index (χ2n) is 10.4. The SMILES string of the molecule is Cc1ccnc(C(C)C)c1-n1c(=O)nc(N2CCNC[C@@H]2C)c2cc(F)c(-c3c(F)cccc3C(C)O)nc21. The van der Waals surface area contributed by atoms with E-state index in [1.54, 1.807) is 12.3 Å². The second kappa shape index (κ2) is 10.4. The van der Waals surface area contributed by atoms with E-state index in [-0.39, 0.29) is 34.4 Å². The lowest BCUT2D eigenvalue weighted by molar-refractivity contribution is 0.199. The Balaban J connectivity index is 1.93. The number of halogens is 2. The van der Waals surface area contributed by atoms with Crippen molar-refractivity contribution in [2.45, 2.75) is 52.7 Å². The zero-order valence-corrected chi connectivity index (χ0v) is 22.7. The van der Waals surface area contributed by atoms with E-state index in [1.165, 1.54) is 35.8 Å². The number of hydrogen-bond donors (Lipinski definition) is 2. The number of piperazine rings is 1. The number of pyridine rings is 2. The van der Waals surface area contributed by atoms with E-state index < -0.39 is 23.4 Å². The fourth-order valence-corrected chi connectivity index (χ4v) is 5.28. The molecule has 4 aromatic rings. The molecule has 1 aliphatic rings. The molecule has 1 aliphatic heterocycles. The van der Waals surface area contributed by atoms with Gasteiger partial charge in [-0.3, -0.25) is 4.98 Å². The predicted molar refractivity (Wildman–Crippen MR) is 147 cm³/mol. The van der Waals surface area contributed by atoms with Crippen LogP contribution in [0.2, 0.25) is 0 Å². The van der Waals surface area contributed by atoms with Crippen LogP contribution in [0.5, 0.6) is 0 Å². The molecule has 39 heavy (non-hydrogen) atoms. The van der Waals surface area contributed by atoms with Crippen LogP contribution < -0.4 is 15.9 Å². The fraction of sp³-hybridized carbons (Fsp3) is 0.379. The van der Waals surface area contributed by atoms with E-state index in [9.17, 15) is 9.90 Å². The second-order valence-corrected chi connectivity index (χ2v) is 10.4. The van der Waals surface area contributed by atoms with Crippen LogP contribution in [-0.4, -0.2) is 50.3 Å². The first-order valence-electron chi connectivity index (χ1n) is 13.1. The first-order chi connectivity index (χ1) is 18.6. The quantitative estimate of drug-likeness (QED) is 0.392. The molecule has 0 aliphatic carbocycles. The number of rotatable bonds is 5. The third kappa shape index (κ3) is 4.68. The van der Waals surface area contributed by atoms with Crippen molar-refractivity contribution in [3.05, 3.63) is 75.5 Å². The van der Waals surface area contributed by atoms with Crippen LogP contribution in [0.15, 0.2) is 41.3 Å². The molecule has 0 radical (unpaired) electrons. The minimum Gasteiger partial charge on any atom is -0.389 e. The van der Waals surface area contributed by atoms with Crippen molar-refractivity contribution in [1.29, 1.82) is 0 Å². The molecule has 0 saturated carbocycles. The molecule has 4 heterocycles. The molecular formula is C29H32F2N6O2. The molecule has 1 fully saturated rings. The summed E-state index contributed by atoms with van der Waals surface area (Å²) in [6, 6.07) is 7.23. The number of fused-ring (bicyclic) bond motifs is 1. The van der Waals surface area contributed by atoms with Crippen molar-refractivity contribution >= 4 is 16.9 Å². The van der Waals surface area contributed by atoms with E-state index in [4.69, 9.17) is 0 Å². The monoisotopic (exact) mass is 534 g/mol. The summed E-state index contributed by atoms with van der Waals surface area (Å²) in [5.74, 6) is -1.21. The van der Waals surface area contributed by atoms with Gasteiger partial charge in [-0.05, 0) is 56.0 Å². The number of aromatic nitrogens is 4. The highest BCUT2D eigenvalue weighted by atomic mass is 19.1. The van der Waals surface area contributed by atoms with Gasteiger partial charge >= 0.3 is 5.69 Å². The molecule has 1 unspecified atom stereocenters. The molecule has 2 N–H and O–H groups in total. The van der Waals surface area contributed by atoms with E-state index in [0.29, 0.717) is 42.2 Å². The highest BCUT2D eigenvalue weighted by Crippen LogP contribution is 2.36. The Morgan fingerprint density at radius 2 is 1.90 bits per heavy atom. The summed E-state index contributed by atoms with van der Waals surface area (Å²) in [4.78, 5) is 29.4. The standard InChI is InChI=1S/C29H32F2N6O2/c1-15(2)24-26(16(3)9-10-33-24)37-28-20(27(35-29(37)39)36-12-11-32-14-17(36)4)13-22(31)25(34-28)23-19(18(5)38)7-6-8-21(23)30/h6-10,13,15,17-18,32,38H,11-12,14H2,1-5H3/t17-,18?/m0/s1. The lowest BCUT2D eigenvalue weighted by Crippen LogP contribution is -2.50. The largest absolute Gasteiger partial charge is 0.389 e. The van der Waals surface area contributed by atoms with Crippen LogP contribution in [0.1, 0.15) is 56.5 Å². The molecular weight excluding hydrogens is 502 g/mol. The topological polar surface area (TPSA) is 96.2 Å². The Morgan fingerprint density at radius 3 is 2.59 bits per heavy atom. The molecule has 1 aromatic carbocycles. The molecule has 0 spiro atoms. The van der Waals surface area contributed by atoms with Gasteiger partial charge in [0.1, 0.15) is 23.1 Å². The van der Waals surface area contributed by atoms with Gasteiger partial charge in [0, 0.05) is 37.4 Å². The van der Waals surface area contributed by atoms with Gasteiger partial charge in [0.15, 0.2) is 5.65 Å². The zero-order valence-electron chi connectivity index (χ0n) is 22.7. The van der Waals surface area contributed by atoms with Crippen LogP contribution in [-0.2, 0) is 0 Å². The predicted octanol–water partition coefficient (Wildman–Crippen LogP) is 4.40. The van der Waals surface area contributed by atoms with Gasteiger partial charge in [0.05, 0.1) is 22.9 Å². The maximum atomic E-state index is 15.9. The van der Waals surface area contributed by atoms with Crippen LogP contribution in [0.25, 0.3) is 28.0 Å². The maximum Gasteiger partial charge on any atom is 0.355 e. The van der Waals surface area contributed by atoms with Crippen molar-refractivity contribution in [2.75, 3.05) is 24.5 Å². The molecule has 1 saturated heterocycles. The van der Waals surface area contributed by atoms with Crippen LogP contribution >= 0.6 is 0 Å². The van der Waals surface area contributed by atoms with E-state index >= 15 is 8.78 Å². The zero-order chi connectivity index (χ0) is 28.0. The van der Waals surface area contributed by atoms with Gasteiger partial charge in [-0.1, -0.05) is 26.0 Å². The Hall–Kier alpha value is -3.76. The van der Waals surface area contributed by atoms with Crippen LogP contribution in [0, 0.1) is 18.6 Å². The number of aliphatic hydroxyl groups excluding tert-OH is 1. The summed E-state index contributed by atoms with van der Waals surface area (Å²) in [6.45, 7) is 11.2. The lowest BCUT2D eigenvalue weighted by atomic mass is 9.98. The summed E-state index contributed by atoms with van der Waals surface area (Å²) in [5, 5.41) is 14.0. The van der Waals surface area contributed by atoms with Crippen LogP contribution in [0.4, 0.5) is 14.6 Å². The summed E-state index contributed by atoms with van der Waals surface area (Å²) >= 11 is 0. The number of nitrogens with one attached hydrogen (secondary N) is 1. The molecule has 10 heteroatoms. The first-order valence-corrected chi connectivity index (χ1v) is 13.1. The Morgan fingerprint density at radius 1 is 1.13 bits per heavy atom. The lowest BCUT2D eigenvalue weighted by Gasteiger charge is -2.35. The average molecular weight is 535 g/mol. The highest BCUT2D eigenvalue weighted by Gasteiger charge is 2.28. The normalized spacial score (nSPS) is 16.7. The Kier molecular flexibility index (Phi) is 7.17. The van der Waals surface area contributed by atoms with Crippen molar-refractivity contribution in [3.63, 3.8) is 0 Å². The van der Waals surface area contributed by atoms with Gasteiger partial charge in [0.2, 0.25) is 0 Å². The maximum absolute atomic E-state index is 15.9. The Bertz CT molecular complexity index is 1620. The molecule has 204 valence electrons. The van der Waals surface area contributed by atoms with E-state index in [0.717, 1.165) is 5.56 Å². The average Bonchev–Trinajstić information content (AvgIpc) is 2.89. The number of nitrogens with zero attached hydrogens (tertiary/aromatic N) is 5. The number of aryl methyl sites for hydroxylation is 1. The summed E-state index contributed by atoms with van der Waals surface area (Å²) in [7, 11) is 0. The van der Waals surface area contributed by atoms with Gasteiger partial charge in [-0.15, -0.1) is 0 Å². The molecule has 2 atom stereocenters. The molecule has 8 nitrogen and oxygen atoms in total. The van der Waals surface area contributed by atoms with Gasteiger partial charge in [-0.25, -0.2) is 23.1 Å². The van der Waals surface area contributed by atoms with Gasteiger partial charge in [0.25, 0.3) is 0 Å². The fourth-order valence-electron chi connectivity index (χ4n) is 5.28. The Labute approximate surface area is 225 Å². The van der Waals surface area contributed by atoms with Gasteiger partial charge < -0.3 is 15.3 Å². The number of hydrogen-bond acceptors (Lipinski definition) is 7. The van der Waals surface area contributed by atoms with Crippen molar-refractivity contribution in [1.82, 2.24) is 24.8 Å². The smallest absolute Gasteiger partial charge is 0.355 e. The molecule has 5 rings (SSSR count). The van der Waals surface area contributed by atoms with Gasteiger partial charge in [-0.2, -0.15) is 4.98 Å². The summed E-state index contributed by atoms with van der Waals surface area (Å²) in [5.41, 5.74) is 1.26. The minimum atomic E-state index is -1.07.